The lowest BCUT2D eigenvalue weighted by atomic mass is 10.0. The van der Waals surface area contributed by atoms with Gasteiger partial charge < -0.3 is 24.6 Å². The minimum atomic E-state index is -0.240. The molecule has 0 saturated carbocycles. The van der Waals surface area contributed by atoms with E-state index in [-0.39, 0.29) is 11.7 Å². The maximum absolute atomic E-state index is 12.9. The molecule has 5 rings (SSSR count). The Hall–Kier alpha value is -4.78. The number of carbonyl (C=O) groups excluding carboxylic acids is 1. The normalized spacial score (nSPS) is 10.8. The first kappa shape index (κ1) is 22.0. The van der Waals surface area contributed by atoms with Crippen LogP contribution in [0.5, 0.6) is 28.7 Å². The Morgan fingerprint density at radius 2 is 1.60 bits per heavy atom. The van der Waals surface area contributed by atoms with E-state index >= 15 is 0 Å². The highest BCUT2D eigenvalue weighted by Crippen LogP contribution is 2.37. The standard InChI is InChI=1S/C28H22N2O5/c1-33-26-15-23-24(16-27(26)34-2)29-13-12-25(23)35-20-9-6-18(7-10-20)30-28(32)22-5-3-4-17-14-19(31)8-11-21(17)22/h3-16,31H,1-2H3,(H,30,32). The molecule has 2 N–H and O–H groups in total. The molecule has 0 bridgehead atoms. The van der Waals surface area contributed by atoms with Gasteiger partial charge >= 0.3 is 0 Å². The van der Waals surface area contributed by atoms with Crippen molar-refractivity contribution in [1.82, 2.24) is 4.98 Å². The van der Waals surface area contributed by atoms with Crippen molar-refractivity contribution in [1.29, 1.82) is 0 Å². The molecule has 1 amide bonds. The van der Waals surface area contributed by atoms with Crippen molar-refractivity contribution in [3.63, 3.8) is 0 Å². The predicted octanol–water partition coefficient (Wildman–Crippen LogP) is 6.16. The zero-order valence-electron chi connectivity index (χ0n) is 19.1. The number of anilines is 1. The molecule has 35 heavy (non-hydrogen) atoms. The van der Waals surface area contributed by atoms with Crippen molar-refractivity contribution in [3.8, 4) is 28.7 Å². The molecule has 0 aliphatic heterocycles. The van der Waals surface area contributed by atoms with Gasteiger partial charge in [0.2, 0.25) is 0 Å². The van der Waals surface area contributed by atoms with Gasteiger partial charge in [0, 0.05) is 28.9 Å². The molecule has 0 unspecified atom stereocenters. The minimum absolute atomic E-state index is 0.158. The Morgan fingerprint density at radius 1 is 0.829 bits per heavy atom. The van der Waals surface area contributed by atoms with Gasteiger partial charge in [0.25, 0.3) is 5.91 Å². The number of rotatable bonds is 6. The van der Waals surface area contributed by atoms with E-state index in [4.69, 9.17) is 14.2 Å². The van der Waals surface area contributed by atoms with Gasteiger partial charge in [0.1, 0.15) is 17.2 Å². The molecule has 0 fully saturated rings. The molecule has 4 aromatic carbocycles. The molecule has 5 aromatic rings. The van der Waals surface area contributed by atoms with Crippen molar-refractivity contribution >= 4 is 33.3 Å². The van der Waals surface area contributed by atoms with E-state index in [1.54, 1.807) is 87.1 Å². The van der Waals surface area contributed by atoms with Crippen LogP contribution in [0.2, 0.25) is 0 Å². The van der Waals surface area contributed by atoms with Crippen LogP contribution in [0.25, 0.3) is 21.7 Å². The molecule has 1 aromatic heterocycles. The van der Waals surface area contributed by atoms with E-state index in [1.807, 2.05) is 12.1 Å². The number of aromatic nitrogens is 1. The van der Waals surface area contributed by atoms with Gasteiger partial charge in [0.05, 0.1) is 19.7 Å². The number of ether oxygens (including phenoxy) is 3. The number of fused-ring (bicyclic) bond motifs is 2. The third-order valence-corrected chi connectivity index (χ3v) is 5.66. The number of methoxy groups -OCH3 is 2. The van der Waals surface area contributed by atoms with Crippen LogP contribution in [-0.4, -0.2) is 30.2 Å². The van der Waals surface area contributed by atoms with Crippen molar-refractivity contribution in [2.24, 2.45) is 0 Å². The third-order valence-electron chi connectivity index (χ3n) is 5.66. The Balaban J connectivity index is 1.36. The largest absolute Gasteiger partial charge is 0.508 e. The summed E-state index contributed by atoms with van der Waals surface area (Å²) < 4.78 is 16.9. The number of nitrogens with zero attached hydrogens (tertiary/aromatic N) is 1. The lowest BCUT2D eigenvalue weighted by Gasteiger charge is -2.13. The number of aromatic hydroxyl groups is 1. The molecule has 0 aliphatic carbocycles. The fraction of sp³-hybridized carbons (Fsp3) is 0.0714. The Bertz CT molecular complexity index is 1550. The minimum Gasteiger partial charge on any atom is -0.508 e. The smallest absolute Gasteiger partial charge is 0.256 e. The average Bonchev–Trinajstić information content (AvgIpc) is 2.88. The number of carbonyl (C=O) groups is 1. The van der Waals surface area contributed by atoms with E-state index in [0.29, 0.717) is 39.8 Å². The molecular formula is C28H22N2O5. The van der Waals surface area contributed by atoms with E-state index in [1.165, 1.54) is 0 Å². The Morgan fingerprint density at radius 3 is 2.37 bits per heavy atom. The van der Waals surface area contributed by atoms with Gasteiger partial charge in [0.15, 0.2) is 11.5 Å². The summed E-state index contributed by atoms with van der Waals surface area (Å²) in [7, 11) is 3.16. The van der Waals surface area contributed by atoms with E-state index in [9.17, 15) is 9.90 Å². The van der Waals surface area contributed by atoms with Gasteiger partial charge in [-0.15, -0.1) is 0 Å². The SMILES string of the molecule is COc1cc2nccc(Oc3ccc(NC(=O)c4cccc5cc(O)ccc45)cc3)c2cc1OC. The summed E-state index contributed by atoms with van der Waals surface area (Å²) in [6, 6.07) is 22.9. The van der Waals surface area contributed by atoms with Gasteiger partial charge in [-0.25, -0.2) is 0 Å². The second-order valence-corrected chi connectivity index (χ2v) is 7.83. The number of phenols is 1. The van der Waals surface area contributed by atoms with Crippen LogP contribution in [0.4, 0.5) is 5.69 Å². The second-order valence-electron chi connectivity index (χ2n) is 7.83. The fourth-order valence-electron chi connectivity index (χ4n) is 3.94. The monoisotopic (exact) mass is 466 g/mol. The maximum Gasteiger partial charge on any atom is 0.256 e. The lowest BCUT2D eigenvalue weighted by Crippen LogP contribution is -2.12. The molecule has 0 aliphatic rings. The number of amides is 1. The third kappa shape index (κ3) is 4.39. The Kier molecular flexibility index (Phi) is 5.81. The summed E-state index contributed by atoms with van der Waals surface area (Å²) in [5.41, 5.74) is 1.87. The molecule has 0 atom stereocenters. The number of nitrogens with one attached hydrogen (secondary N) is 1. The summed E-state index contributed by atoms with van der Waals surface area (Å²) in [5, 5.41) is 15.0. The summed E-state index contributed by atoms with van der Waals surface area (Å²) in [6.07, 6.45) is 1.67. The molecule has 174 valence electrons. The highest BCUT2D eigenvalue weighted by Gasteiger charge is 2.13. The van der Waals surface area contributed by atoms with E-state index in [0.717, 1.165) is 16.2 Å². The first-order valence-electron chi connectivity index (χ1n) is 10.9. The highest BCUT2D eigenvalue weighted by molar-refractivity contribution is 6.13. The number of pyridine rings is 1. The molecule has 1 heterocycles. The quantitative estimate of drug-likeness (QED) is 0.312. The molecule has 0 saturated heterocycles. The number of benzene rings is 4. The summed E-state index contributed by atoms with van der Waals surface area (Å²) in [4.78, 5) is 17.3. The fourth-order valence-corrected chi connectivity index (χ4v) is 3.94. The summed E-state index contributed by atoms with van der Waals surface area (Å²) in [5.74, 6) is 2.31. The van der Waals surface area contributed by atoms with Gasteiger partial charge in [-0.05, 0) is 71.4 Å². The van der Waals surface area contributed by atoms with E-state index < -0.39 is 0 Å². The van der Waals surface area contributed by atoms with Crippen molar-refractivity contribution in [2.45, 2.75) is 0 Å². The van der Waals surface area contributed by atoms with Gasteiger partial charge in [-0.3, -0.25) is 9.78 Å². The average molecular weight is 466 g/mol. The number of phenolic OH excluding ortho intramolecular Hbond substituents is 1. The topological polar surface area (TPSA) is 89.9 Å². The Labute approximate surface area is 201 Å². The lowest BCUT2D eigenvalue weighted by molar-refractivity contribution is 0.102. The molecule has 7 nitrogen and oxygen atoms in total. The van der Waals surface area contributed by atoms with Crippen LogP contribution in [0.15, 0.2) is 85.1 Å². The molecular weight excluding hydrogens is 444 g/mol. The van der Waals surface area contributed by atoms with Crippen molar-refractivity contribution in [3.05, 3.63) is 90.6 Å². The first-order valence-corrected chi connectivity index (χ1v) is 10.9. The van der Waals surface area contributed by atoms with Crippen LogP contribution in [0.3, 0.4) is 0 Å². The zero-order chi connectivity index (χ0) is 24.4. The molecule has 7 heteroatoms. The second kappa shape index (κ2) is 9.23. The summed E-state index contributed by atoms with van der Waals surface area (Å²) in [6.45, 7) is 0. The van der Waals surface area contributed by atoms with E-state index in [2.05, 4.69) is 10.3 Å². The predicted molar refractivity (Wildman–Crippen MR) is 135 cm³/mol. The van der Waals surface area contributed by atoms with Crippen LogP contribution < -0.4 is 19.5 Å². The highest BCUT2D eigenvalue weighted by atomic mass is 16.5. The van der Waals surface area contributed by atoms with Crippen molar-refractivity contribution in [2.75, 3.05) is 19.5 Å². The van der Waals surface area contributed by atoms with Crippen LogP contribution in [0.1, 0.15) is 10.4 Å². The van der Waals surface area contributed by atoms with Crippen LogP contribution in [0, 0.1) is 0 Å². The van der Waals surface area contributed by atoms with Crippen molar-refractivity contribution < 1.29 is 24.1 Å². The first-order chi connectivity index (χ1) is 17.1. The van der Waals surface area contributed by atoms with Gasteiger partial charge in [-0.1, -0.05) is 12.1 Å². The maximum atomic E-state index is 12.9. The number of hydrogen-bond acceptors (Lipinski definition) is 6. The zero-order valence-corrected chi connectivity index (χ0v) is 19.1. The summed E-state index contributed by atoms with van der Waals surface area (Å²) >= 11 is 0. The molecule has 0 radical (unpaired) electrons. The number of hydrogen-bond donors (Lipinski definition) is 2. The van der Waals surface area contributed by atoms with Crippen LogP contribution >= 0.6 is 0 Å². The molecule has 0 spiro atoms. The van der Waals surface area contributed by atoms with Crippen LogP contribution in [-0.2, 0) is 0 Å². The van der Waals surface area contributed by atoms with Gasteiger partial charge in [-0.2, -0.15) is 0 Å².